The molecule has 162 valence electrons. The van der Waals surface area contributed by atoms with Gasteiger partial charge in [-0.15, -0.1) is 0 Å². The van der Waals surface area contributed by atoms with Crippen molar-refractivity contribution < 1.29 is 9.47 Å². The highest BCUT2D eigenvalue weighted by molar-refractivity contribution is 5.79. The van der Waals surface area contributed by atoms with E-state index in [9.17, 15) is 0 Å². The number of aliphatic imine (C=N–C) groups is 1. The van der Waals surface area contributed by atoms with E-state index in [0.29, 0.717) is 6.04 Å². The van der Waals surface area contributed by atoms with Gasteiger partial charge in [-0.25, -0.2) is 0 Å². The molecule has 3 rings (SSSR count). The van der Waals surface area contributed by atoms with E-state index in [0.717, 1.165) is 50.1 Å². The van der Waals surface area contributed by atoms with E-state index in [1.807, 2.05) is 25.2 Å². The normalized spacial score (nSPS) is 15.6. The van der Waals surface area contributed by atoms with Crippen LogP contribution in [0.3, 0.4) is 0 Å². The average molecular weight is 411 g/mol. The molecule has 1 heterocycles. The van der Waals surface area contributed by atoms with Crippen LogP contribution >= 0.6 is 0 Å². The molecule has 2 aromatic rings. The summed E-state index contributed by atoms with van der Waals surface area (Å²) in [5, 5.41) is 6.95. The summed E-state index contributed by atoms with van der Waals surface area (Å²) in [5.74, 6) is 2.62. The van der Waals surface area contributed by atoms with Crippen molar-refractivity contribution in [3.63, 3.8) is 0 Å². The topological polar surface area (TPSA) is 58.1 Å². The van der Waals surface area contributed by atoms with E-state index >= 15 is 0 Å². The predicted molar refractivity (Wildman–Crippen MR) is 123 cm³/mol. The first-order chi connectivity index (χ1) is 14.7. The van der Waals surface area contributed by atoms with Crippen LogP contribution in [0.5, 0.6) is 11.5 Å². The van der Waals surface area contributed by atoms with E-state index in [1.54, 1.807) is 14.2 Å². The molecule has 2 N–H and O–H groups in total. The number of nitrogens with one attached hydrogen (secondary N) is 2. The maximum atomic E-state index is 5.44. The number of nitrogens with zero attached hydrogens (tertiary/aromatic N) is 2. The zero-order chi connectivity index (χ0) is 21.2. The van der Waals surface area contributed by atoms with Gasteiger partial charge in [-0.2, -0.15) is 0 Å². The lowest BCUT2D eigenvalue weighted by Gasteiger charge is -2.29. The average Bonchev–Trinajstić information content (AvgIpc) is 3.33. The minimum absolute atomic E-state index is 0.291. The highest BCUT2D eigenvalue weighted by Crippen LogP contribution is 2.27. The van der Waals surface area contributed by atoms with Gasteiger partial charge in [0.1, 0.15) is 11.5 Å². The second-order valence-corrected chi connectivity index (χ2v) is 7.52. The van der Waals surface area contributed by atoms with Gasteiger partial charge >= 0.3 is 0 Å². The van der Waals surface area contributed by atoms with Crippen molar-refractivity contribution in [2.75, 3.05) is 47.4 Å². The quantitative estimate of drug-likeness (QED) is 0.491. The number of hydrogen-bond acceptors (Lipinski definition) is 4. The van der Waals surface area contributed by atoms with E-state index in [2.05, 4.69) is 50.9 Å². The third-order valence-corrected chi connectivity index (χ3v) is 5.59. The van der Waals surface area contributed by atoms with E-state index in [1.165, 1.54) is 24.0 Å². The standard InChI is InChI=1S/C24H34N4O2/c1-25-24(26-13-12-19-8-6-10-21(16-19)29-2)27-18-23(28-14-4-5-15-28)20-9-7-11-22(17-20)30-3/h6-11,16-17,23H,4-5,12-15,18H2,1-3H3,(H2,25,26,27). The van der Waals surface area contributed by atoms with Gasteiger partial charge in [0.25, 0.3) is 0 Å². The van der Waals surface area contributed by atoms with Crippen LogP contribution in [0.25, 0.3) is 0 Å². The van der Waals surface area contributed by atoms with Gasteiger partial charge in [-0.1, -0.05) is 24.3 Å². The fourth-order valence-electron chi connectivity index (χ4n) is 3.93. The van der Waals surface area contributed by atoms with Crippen molar-refractivity contribution in [1.82, 2.24) is 15.5 Å². The Kier molecular flexibility index (Phi) is 8.39. The van der Waals surface area contributed by atoms with Crippen molar-refractivity contribution in [2.45, 2.75) is 25.3 Å². The molecular weight excluding hydrogens is 376 g/mol. The number of hydrogen-bond donors (Lipinski definition) is 2. The van der Waals surface area contributed by atoms with Gasteiger partial charge in [0.2, 0.25) is 0 Å². The number of benzene rings is 2. The number of methoxy groups -OCH3 is 2. The largest absolute Gasteiger partial charge is 0.497 e. The fraction of sp³-hybridized carbons (Fsp3) is 0.458. The number of guanidine groups is 1. The molecule has 0 radical (unpaired) electrons. The van der Waals surface area contributed by atoms with Crippen molar-refractivity contribution in [3.05, 3.63) is 59.7 Å². The van der Waals surface area contributed by atoms with Gasteiger partial charge in [0, 0.05) is 20.1 Å². The first-order valence-electron chi connectivity index (χ1n) is 10.7. The molecule has 0 bridgehead atoms. The summed E-state index contributed by atoms with van der Waals surface area (Å²) < 4.78 is 10.7. The molecule has 1 fully saturated rings. The van der Waals surface area contributed by atoms with Crippen LogP contribution in [0.1, 0.15) is 30.0 Å². The Labute approximate surface area is 180 Å². The Balaban J connectivity index is 1.57. The van der Waals surface area contributed by atoms with E-state index < -0.39 is 0 Å². The predicted octanol–water partition coefficient (Wildman–Crippen LogP) is 3.25. The first-order valence-corrected chi connectivity index (χ1v) is 10.7. The molecule has 0 aliphatic carbocycles. The number of ether oxygens (including phenoxy) is 2. The van der Waals surface area contributed by atoms with Gasteiger partial charge in [0.15, 0.2) is 5.96 Å². The third kappa shape index (κ3) is 6.13. The van der Waals surface area contributed by atoms with Crippen molar-refractivity contribution >= 4 is 5.96 Å². The molecule has 0 spiro atoms. The molecule has 2 aromatic carbocycles. The second-order valence-electron chi connectivity index (χ2n) is 7.52. The molecule has 1 aliphatic heterocycles. The van der Waals surface area contributed by atoms with Gasteiger partial charge < -0.3 is 20.1 Å². The second kappa shape index (κ2) is 11.5. The summed E-state index contributed by atoms with van der Waals surface area (Å²) >= 11 is 0. The summed E-state index contributed by atoms with van der Waals surface area (Å²) in [6.07, 6.45) is 3.42. The van der Waals surface area contributed by atoms with Crippen LogP contribution in [0, 0.1) is 0 Å². The SMILES string of the molecule is CN=C(NCCc1cccc(OC)c1)NCC(c1cccc(OC)c1)N1CCCC1. The lowest BCUT2D eigenvalue weighted by atomic mass is 10.1. The summed E-state index contributed by atoms with van der Waals surface area (Å²) in [7, 11) is 5.23. The van der Waals surface area contributed by atoms with Gasteiger partial charge in [-0.3, -0.25) is 9.89 Å². The van der Waals surface area contributed by atoms with Crippen LogP contribution in [0.4, 0.5) is 0 Å². The van der Waals surface area contributed by atoms with Crippen LogP contribution in [0.15, 0.2) is 53.5 Å². The Morgan fingerprint density at radius 3 is 2.40 bits per heavy atom. The third-order valence-electron chi connectivity index (χ3n) is 5.59. The molecule has 1 atom stereocenters. The van der Waals surface area contributed by atoms with Crippen molar-refractivity contribution in [2.24, 2.45) is 4.99 Å². The monoisotopic (exact) mass is 410 g/mol. The van der Waals surface area contributed by atoms with Crippen LogP contribution in [0.2, 0.25) is 0 Å². The molecule has 1 saturated heterocycles. The smallest absolute Gasteiger partial charge is 0.191 e. The fourth-order valence-corrected chi connectivity index (χ4v) is 3.93. The lowest BCUT2D eigenvalue weighted by molar-refractivity contribution is 0.245. The zero-order valence-electron chi connectivity index (χ0n) is 18.4. The minimum Gasteiger partial charge on any atom is -0.497 e. The molecule has 0 saturated carbocycles. The maximum Gasteiger partial charge on any atom is 0.191 e. The Hall–Kier alpha value is -2.73. The Bertz CT molecular complexity index is 818. The van der Waals surface area contributed by atoms with E-state index in [-0.39, 0.29) is 0 Å². The molecule has 30 heavy (non-hydrogen) atoms. The Morgan fingerprint density at radius 2 is 1.70 bits per heavy atom. The maximum absolute atomic E-state index is 5.44. The van der Waals surface area contributed by atoms with Crippen LogP contribution in [-0.4, -0.2) is 58.3 Å². The number of rotatable bonds is 9. The molecule has 0 amide bonds. The van der Waals surface area contributed by atoms with Crippen LogP contribution < -0.4 is 20.1 Å². The molecule has 6 nitrogen and oxygen atoms in total. The van der Waals surface area contributed by atoms with Crippen LogP contribution in [-0.2, 0) is 6.42 Å². The van der Waals surface area contributed by atoms with Crippen molar-refractivity contribution in [1.29, 1.82) is 0 Å². The highest BCUT2D eigenvalue weighted by atomic mass is 16.5. The summed E-state index contributed by atoms with van der Waals surface area (Å²) in [6, 6.07) is 16.9. The zero-order valence-corrected chi connectivity index (χ0v) is 18.4. The minimum atomic E-state index is 0.291. The summed E-state index contributed by atoms with van der Waals surface area (Å²) in [5.41, 5.74) is 2.51. The van der Waals surface area contributed by atoms with E-state index in [4.69, 9.17) is 9.47 Å². The summed E-state index contributed by atoms with van der Waals surface area (Å²) in [4.78, 5) is 6.95. The molecule has 1 aliphatic rings. The van der Waals surface area contributed by atoms with Gasteiger partial charge in [-0.05, 0) is 67.7 Å². The molecule has 1 unspecified atom stereocenters. The van der Waals surface area contributed by atoms with Gasteiger partial charge in [0.05, 0.1) is 20.3 Å². The summed E-state index contributed by atoms with van der Waals surface area (Å²) in [6.45, 7) is 3.86. The highest BCUT2D eigenvalue weighted by Gasteiger charge is 2.24. The Morgan fingerprint density at radius 1 is 1.00 bits per heavy atom. The number of likely N-dealkylation sites (tertiary alicyclic amines) is 1. The first kappa shape index (κ1) is 22.0. The molecular formula is C24H34N4O2. The molecule has 0 aromatic heterocycles. The lowest BCUT2D eigenvalue weighted by Crippen LogP contribution is -2.43. The van der Waals surface area contributed by atoms with Crippen molar-refractivity contribution in [3.8, 4) is 11.5 Å². The molecule has 6 heteroatoms.